The van der Waals surface area contributed by atoms with Crippen LogP contribution >= 0.6 is 72.6 Å². The molecule has 10 aromatic rings. The molecule has 4 unspecified atom stereocenters. The molecule has 0 bridgehead atoms. The fourth-order valence-electron chi connectivity index (χ4n) is 15.4. The first kappa shape index (κ1) is 94.8. The number of ether oxygens (including phenoxy) is 11. The number of amides is 3. The molecule has 20 nitrogen and oxygen atoms in total. The number of thiophene rings is 5. The average molecular weight is 1850 g/mol. The van der Waals surface area contributed by atoms with Crippen molar-refractivity contribution < 1.29 is 84.7 Å². The average Bonchev–Trinajstić information content (AvgIpc) is 1.47. The molecule has 124 heavy (non-hydrogen) atoms. The summed E-state index contributed by atoms with van der Waals surface area (Å²) in [6.07, 6.45) is 5.75. The van der Waals surface area contributed by atoms with Gasteiger partial charge >= 0.3 is 25.8 Å². The fourth-order valence-corrected chi connectivity index (χ4v) is 20.3. The van der Waals surface area contributed by atoms with Crippen molar-refractivity contribution >= 4 is 111 Å². The third-order valence-corrected chi connectivity index (χ3v) is 26.1. The highest BCUT2D eigenvalue weighted by Gasteiger charge is 2.40. The first-order valence-corrected chi connectivity index (χ1v) is 46.7. The second-order valence-corrected chi connectivity index (χ2v) is 38.5. The predicted octanol–water partition coefficient (Wildman–Crippen LogP) is 22.5. The molecule has 5 aromatic heterocycles. The Morgan fingerprint density at radius 1 is 0.444 bits per heavy atom. The lowest BCUT2D eigenvalue weighted by molar-refractivity contribution is -0.0416. The van der Waals surface area contributed by atoms with Crippen molar-refractivity contribution in [1.29, 1.82) is 0 Å². The number of aliphatic imine (C=N–C) groups is 1. The molecule has 5 aromatic carbocycles. The molecule has 0 aliphatic carbocycles. The van der Waals surface area contributed by atoms with Crippen molar-refractivity contribution in [3.63, 3.8) is 0 Å². The van der Waals surface area contributed by atoms with Gasteiger partial charge in [0.1, 0.15) is 16.8 Å². The molecule has 9 aliphatic rings. The first-order valence-electron chi connectivity index (χ1n) is 41.5. The third-order valence-electron chi connectivity index (χ3n) is 20.6. The minimum Gasteiger partial charge on any atom is -0.444 e. The van der Waals surface area contributed by atoms with Gasteiger partial charge in [-0.05, 0) is 240 Å². The Labute approximate surface area is 753 Å². The Bertz CT molecular complexity index is 4980. The van der Waals surface area contributed by atoms with Crippen molar-refractivity contribution in [2.45, 2.75) is 167 Å². The van der Waals surface area contributed by atoms with Crippen LogP contribution < -0.4 is 5.32 Å². The van der Waals surface area contributed by atoms with Gasteiger partial charge in [-0.15, -0.1) is 56.7 Å². The summed E-state index contributed by atoms with van der Waals surface area (Å²) in [6, 6.07) is 52.0. The number of hydrogen-bond acceptors (Lipinski definition) is 22. The Morgan fingerprint density at radius 3 is 1.13 bits per heavy atom. The molecule has 30 heteroatoms. The molecule has 4 fully saturated rings. The normalized spacial score (nSPS) is 19.1. The molecular weight excluding hydrogens is 1750 g/mol. The number of aldehydes is 1. The van der Waals surface area contributed by atoms with Crippen molar-refractivity contribution in [3.05, 3.63) is 285 Å². The standard InChI is InChI=1S/2C21H25NO4S.C19H21NO3S.C16H17NO2S.C9H9N.C7H7BrO2S.CH3BF.F2/c2*1-21(2,3)26-20(23)22-9-8-14-6-4-5-7-16(14)18(22)15-12-17(27-13-15)19-24-10-11-25-19;1-19(2,3)23-18(22)20-9-8-13-6-4-5-7-16(13)17(20)14-10-15(11-21)24-12-14;1-2-4-13-11(3-1)5-6-17-15(13)12-9-14(20-10-12)16-18-7-8-19-16;1-2-4-9-7-10-6-5-8(9)3-1;8-5-3-6(11-4-5)7-9-1-2-10-7;1-2-3;1-2/h2*4-7,12-13,18-19H,8-11H2,1-3H3;4-7,10-12,17H,8-9H2,1-3H3;1-4,9-10,15-17H,5-8H2;1-4,7H,5-6H2;3-4,7H,1-2H2;1H3;. The van der Waals surface area contributed by atoms with E-state index in [9.17, 15) is 23.5 Å². The first-order chi connectivity index (χ1) is 59.9. The van der Waals surface area contributed by atoms with Crippen LogP contribution in [0, 0.1) is 0 Å². The van der Waals surface area contributed by atoms with Crippen molar-refractivity contribution in [3.8, 4) is 0 Å². The SMILES string of the molecule is Brc1csc(C2OCCO2)c1.C1=NCCc2ccccc21.CC(C)(C)OC(=O)N1CCc2ccccc2C1c1csc(C2OCCO2)c1.CC(C)(C)OC(=O)N1CCc2ccccc2C1c1csc(C2OCCO2)c1.CC(C)(C)OC(=O)N1CCc2ccccc2C1c1csc(C=O)c1.C[B]F.FF.c1ccc2c(c1)CCNC2c1csc(C2OCCO2)c1. The number of nitrogens with zero attached hydrogens (tertiary/aromatic N) is 4. The number of fused-ring (bicyclic) bond motifs is 5. The number of halogens is 4. The van der Waals surface area contributed by atoms with E-state index in [1.165, 1.54) is 67.5 Å². The lowest BCUT2D eigenvalue weighted by atomic mass is 9.89. The summed E-state index contributed by atoms with van der Waals surface area (Å²) >= 11 is 11.4. The number of carbonyl (C=O) groups is 4. The van der Waals surface area contributed by atoms with E-state index in [4.69, 9.17) is 61.3 Å². The number of nitrogens with one attached hydrogen (secondary N) is 1. The predicted molar refractivity (Wildman–Crippen MR) is 486 cm³/mol. The summed E-state index contributed by atoms with van der Waals surface area (Å²) < 4.78 is 88.6. The molecule has 9 aliphatic heterocycles. The van der Waals surface area contributed by atoms with Gasteiger partial charge in [0.25, 0.3) is 0 Å². The van der Waals surface area contributed by atoms with Gasteiger partial charge in [-0.3, -0.25) is 24.5 Å². The van der Waals surface area contributed by atoms with Gasteiger partial charge in [-0.25, -0.2) is 14.4 Å². The molecule has 0 saturated carbocycles. The molecule has 1 N–H and O–H groups in total. The number of benzene rings is 5. The van der Waals surface area contributed by atoms with Crippen molar-refractivity contribution in [2.24, 2.45) is 4.99 Å². The van der Waals surface area contributed by atoms with E-state index in [0.717, 1.165) is 104 Å². The molecule has 3 amide bonds. The molecule has 1 radical (unpaired) electrons. The number of rotatable bonds is 9. The van der Waals surface area contributed by atoms with E-state index in [1.807, 2.05) is 125 Å². The van der Waals surface area contributed by atoms with Gasteiger partial charge in [0.05, 0.1) is 101 Å². The van der Waals surface area contributed by atoms with Crippen LogP contribution in [-0.4, -0.2) is 155 Å². The molecule has 4 atom stereocenters. The minimum absolute atomic E-state index is 0.119. The summed E-state index contributed by atoms with van der Waals surface area (Å²) in [4.78, 5) is 64.3. The third kappa shape index (κ3) is 25.8. The van der Waals surface area contributed by atoms with Crippen LogP contribution in [0.15, 0.2) is 188 Å². The fraction of sp³-hybridized carbons (Fsp3) is 0.415. The van der Waals surface area contributed by atoms with Gasteiger partial charge in [-0.2, -0.15) is 0 Å². The largest absolute Gasteiger partial charge is 0.444 e. The quantitative estimate of drug-likeness (QED) is 0.0811. The Balaban J connectivity index is 0.000000138. The van der Waals surface area contributed by atoms with E-state index in [-0.39, 0.29) is 61.6 Å². The van der Waals surface area contributed by atoms with E-state index < -0.39 is 16.8 Å². The second-order valence-electron chi connectivity index (χ2n) is 32.8. The maximum absolute atomic E-state index is 12.9. The van der Waals surface area contributed by atoms with Crippen LogP contribution in [0.3, 0.4) is 0 Å². The molecule has 4 saturated heterocycles. The summed E-state index contributed by atoms with van der Waals surface area (Å²) in [5.74, 6) is 0. The lowest BCUT2D eigenvalue weighted by Crippen LogP contribution is -2.43. The highest BCUT2D eigenvalue weighted by atomic mass is 79.9. The summed E-state index contributed by atoms with van der Waals surface area (Å²) in [6.45, 7) is 27.5. The summed E-state index contributed by atoms with van der Waals surface area (Å²) in [5.41, 5.74) is 15.6. The number of hydrogen-bond donors (Lipinski definition) is 1. The van der Waals surface area contributed by atoms with Gasteiger partial charge in [0.2, 0.25) is 0 Å². The van der Waals surface area contributed by atoms with Crippen molar-refractivity contribution in [1.82, 2.24) is 20.0 Å². The maximum atomic E-state index is 12.9. The van der Waals surface area contributed by atoms with E-state index in [2.05, 4.69) is 158 Å². The van der Waals surface area contributed by atoms with Crippen LogP contribution in [0.5, 0.6) is 0 Å². The molecule has 0 spiro atoms. The molecular formula is C94H107BBrF3N5O15S5. The van der Waals surface area contributed by atoms with Crippen molar-refractivity contribution in [2.75, 3.05) is 85.6 Å². The van der Waals surface area contributed by atoms with E-state index >= 15 is 0 Å². The Morgan fingerprint density at radius 2 is 0.766 bits per heavy atom. The van der Waals surface area contributed by atoms with E-state index in [0.29, 0.717) is 91.0 Å². The van der Waals surface area contributed by atoms with Gasteiger partial charge in [0, 0.05) is 57.9 Å². The zero-order chi connectivity index (χ0) is 87.9. The summed E-state index contributed by atoms with van der Waals surface area (Å²) in [5, 5.41) is 14.0. The van der Waals surface area contributed by atoms with E-state index in [1.54, 1.807) is 50.2 Å². The molecule has 14 heterocycles. The zero-order valence-corrected chi connectivity index (χ0v) is 77.0. The zero-order valence-electron chi connectivity index (χ0n) is 71.4. The maximum Gasteiger partial charge on any atom is 0.411 e. The van der Waals surface area contributed by atoms with Crippen LogP contribution in [0.25, 0.3) is 0 Å². The van der Waals surface area contributed by atoms with Gasteiger partial charge in [-0.1, -0.05) is 128 Å². The Kier molecular flexibility index (Phi) is 34.7. The Hall–Kier alpha value is -8.28. The number of carbonyl (C=O) groups excluding carboxylic acids is 4. The van der Waals surface area contributed by atoms with Gasteiger partial charge in [0.15, 0.2) is 31.4 Å². The van der Waals surface area contributed by atoms with Crippen LogP contribution in [0.1, 0.15) is 219 Å². The molecule has 19 rings (SSSR count). The minimum atomic E-state index is -0.540. The highest BCUT2D eigenvalue weighted by molar-refractivity contribution is 9.10. The smallest absolute Gasteiger partial charge is 0.411 e. The summed E-state index contributed by atoms with van der Waals surface area (Å²) in [7, 11) is 0.500. The van der Waals surface area contributed by atoms with Crippen LogP contribution in [-0.2, 0) is 84.2 Å². The molecule has 659 valence electrons. The highest BCUT2D eigenvalue weighted by Crippen LogP contribution is 2.45. The van der Waals surface area contributed by atoms with Crippen LogP contribution in [0.2, 0.25) is 6.82 Å². The van der Waals surface area contributed by atoms with Crippen LogP contribution in [0.4, 0.5) is 27.8 Å². The topological polar surface area (TPSA) is 204 Å². The lowest BCUT2D eigenvalue weighted by Gasteiger charge is -2.38. The van der Waals surface area contributed by atoms with Gasteiger partial charge < -0.3 is 61.7 Å². The second kappa shape index (κ2) is 45.4. The monoisotopic (exact) mass is 1850 g/mol.